The number of nitrogens with zero attached hydrogens (tertiary/aromatic N) is 1. The van der Waals surface area contributed by atoms with E-state index in [4.69, 9.17) is 10.5 Å². The number of pyridine rings is 1. The van der Waals surface area contributed by atoms with E-state index in [1.165, 1.54) is 11.3 Å². The molecule has 0 bridgehead atoms. The molecule has 0 amide bonds. The second-order valence-electron chi connectivity index (χ2n) is 4.43. The molecule has 3 atom stereocenters. The van der Waals surface area contributed by atoms with Crippen molar-refractivity contribution in [1.29, 1.82) is 0 Å². The summed E-state index contributed by atoms with van der Waals surface area (Å²) in [6.07, 6.45) is 4.16. The fourth-order valence-electron chi connectivity index (χ4n) is 2.52. The highest BCUT2D eigenvalue weighted by Gasteiger charge is 2.31. The van der Waals surface area contributed by atoms with Gasteiger partial charge in [0.2, 0.25) is 0 Å². The molecule has 3 unspecified atom stereocenters. The van der Waals surface area contributed by atoms with Gasteiger partial charge in [-0.2, -0.15) is 0 Å². The molecule has 3 heteroatoms. The average molecular weight is 220 g/mol. The van der Waals surface area contributed by atoms with Crippen molar-refractivity contribution in [2.24, 2.45) is 5.73 Å². The van der Waals surface area contributed by atoms with Gasteiger partial charge in [0.25, 0.3) is 0 Å². The van der Waals surface area contributed by atoms with Crippen LogP contribution >= 0.6 is 0 Å². The third kappa shape index (κ3) is 2.11. The summed E-state index contributed by atoms with van der Waals surface area (Å²) in [6.45, 7) is 4.77. The molecule has 1 aromatic heterocycles. The van der Waals surface area contributed by atoms with Gasteiger partial charge in [-0.15, -0.1) is 0 Å². The molecule has 0 radical (unpaired) electrons. The van der Waals surface area contributed by atoms with Crippen LogP contribution in [0.25, 0.3) is 0 Å². The zero-order valence-electron chi connectivity index (χ0n) is 10.0. The molecule has 88 valence electrons. The van der Waals surface area contributed by atoms with Crippen LogP contribution in [0.1, 0.15) is 37.4 Å². The smallest absolute Gasteiger partial charge is 0.0704 e. The topological polar surface area (TPSA) is 48.1 Å². The van der Waals surface area contributed by atoms with Gasteiger partial charge in [0.05, 0.1) is 6.10 Å². The molecule has 1 aliphatic rings. The highest BCUT2D eigenvalue weighted by atomic mass is 16.5. The Kier molecular flexibility index (Phi) is 3.56. The number of rotatable bonds is 4. The molecule has 3 nitrogen and oxygen atoms in total. The van der Waals surface area contributed by atoms with Gasteiger partial charge in [0, 0.05) is 30.5 Å². The molecular weight excluding hydrogens is 200 g/mol. The number of aryl methyl sites for hydroxylation is 1. The molecule has 1 aliphatic carbocycles. The SMILES string of the molecule is CCOC(C)C(N)C1CCc2cccnc21. The zero-order chi connectivity index (χ0) is 11.5. The molecule has 0 spiro atoms. The van der Waals surface area contributed by atoms with Crippen LogP contribution in [0.5, 0.6) is 0 Å². The van der Waals surface area contributed by atoms with E-state index in [2.05, 4.69) is 18.0 Å². The lowest BCUT2D eigenvalue weighted by molar-refractivity contribution is 0.0505. The van der Waals surface area contributed by atoms with Gasteiger partial charge in [-0.05, 0) is 38.3 Å². The predicted octanol–water partition coefficient (Wildman–Crippen LogP) is 1.86. The predicted molar refractivity (Wildman–Crippen MR) is 64.4 cm³/mol. The Morgan fingerprint density at radius 1 is 1.62 bits per heavy atom. The van der Waals surface area contributed by atoms with Crippen LogP contribution in [0.4, 0.5) is 0 Å². The summed E-state index contributed by atoms with van der Waals surface area (Å²) < 4.78 is 5.58. The van der Waals surface area contributed by atoms with Crippen LogP contribution in [0.2, 0.25) is 0 Å². The van der Waals surface area contributed by atoms with E-state index in [1.54, 1.807) is 0 Å². The van der Waals surface area contributed by atoms with Gasteiger partial charge in [0.15, 0.2) is 0 Å². The minimum absolute atomic E-state index is 0.0519. The number of hydrogen-bond acceptors (Lipinski definition) is 3. The molecule has 1 heterocycles. The Hall–Kier alpha value is -0.930. The van der Waals surface area contributed by atoms with Gasteiger partial charge < -0.3 is 10.5 Å². The second-order valence-corrected chi connectivity index (χ2v) is 4.43. The first-order valence-electron chi connectivity index (χ1n) is 6.05. The molecule has 0 saturated heterocycles. The largest absolute Gasteiger partial charge is 0.377 e. The summed E-state index contributed by atoms with van der Waals surface area (Å²) in [4.78, 5) is 4.47. The first-order valence-corrected chi connectivity index (χ1v) is 6.05. The number of aromatic nitrogens is 1. The minimum atomic E-state index is 0.0519. The van der Waals surface area contributed by atoms with Crippen molar-refractivity contribution in [3.8, 4) is 0 Å². The second kappa shape index (κ2) is 4.93. The zero-order valence-corrected chi connectivity index (χ0v) is 10.0. The van der Waals surface area contributed by atoms with Crippen LogP contribution in [-0.4, -0.2) is 23.7 Å². The highest BCUT2D eigenvalue weighted by molar-refractivity contribution is 5.30. The van der Waals surface area contributed by atoms with Gasteiger partial charge in [-0.25, -0.2) is 0 Å². The number of fused-ring (bicyclic) bond motifs is 1. The van der Waals surface area contributed by atoms with E-state index in [1.807, 2.05) is 19.2 Å². The Morgan fingerprint density at radius 3 is 3.19 bits per heavy atom. The summed E-state index contributed by atoms with van der Waals surface area (Å²) >= 11 is 0. The molecular formula is C13H20N2O. The van der Waals surface area contributed by atoms with Crippen molar-refractivity contribution in [1.82, 2.24) is 4.98 Å². The maximum Gasteiger partial charge on any atom is 0.0704 e. The van der Waals surface area contributed by atoms with E-state index < -0.39 is 0 Å². The summed E-state index contributed by atoms with van der Waals surface area (Å²) in [5.74, 6) is 0.359. The minimum Gasteiger partial charge on any atom is -0.377 e. The number of nitrogens with two attached hydrogens (primary N) is 1. The maximum absolute atomic E-state index is 6.26. The fourth-order valence-corrected chi connectivity index (χ4v) is 2.52. The van der Waals surface area contributed by atoms with E-state index in [9.17, 15) is 0 Å². The van der Waals surface area contributed by atoms with Crippen molar-refractivity contribution in [2.45, 2.75) is 44.8 Å². The van der Waals surface area contributed by atoms with Crippen molar-refractivity contribution < 1.29 is 4.74 Å². The summed E-state index contributed by atoms with van der Waals surface area (Å²) in [5, 5.41) is 0. The molecule has 16 heavy (non-hydrogen) atoms. The first-order chi connectivity index (χ1) is 7.74. The van der Waals surface area contributed by atoms with Crippen LogP contribution in [0, 0.1) is 0 Å². The third-order valence-electron chi connectivity index (χ3n) is 3.44. The van der Waals surface area contributed by atoms with Gasteiger partial charge in [0.1, 0.15) is 0 Å². The van der Waals surface area contributed by atoms with Crippen LogP contribution in [0.15, 0.2) is 18.3 Å². The first kappa shape index (κ1) is 11.6. The van der Waals surface area contributed by atoms with E-state index in [-0.39, 0.29) is 12.1 Å². The molecule has 2 N–H and O–H groups in total. The van der Waals surface area contributed by atoms with E-state index in [0.29, 0.717) is 5.92 Å². The number of ether oxygens (including phenoxy) is 1. The number of hydrogen-bond donors (Lipinski definition) is 1. The average Bonchev–Trinajstić information content (AvgIpc) is 2.72. The van der Waals surface area contributed by atoms with Crippen molar-refractivity contribution in [3.05, 3.63) is 29.6 Å². The van der Waals surface area contributed by atoms with Crippen LogP contribution in [-0.2, 0) is 11.2 Å². The summed E-state index contributed by atoms with van der Waals surface area (Å²) in [7, 11) is 0. The van der Waals surface area contributed by atoms with Crippen LogP contribution in [0.3, 0.4) is 0 Å². The van der Waals surface area contributed by atoms with Gasteiger partial charge >= 0.3 is 0 Å². The highest BCUT2D eigenvalue weighted by Crippen LogP contribution is 2.34. The Balaban J connectivity index is 2.12. The van der Waals surface area contributed by atoms with Crippen molar-refractivity contribution in [2.75, 3.05) is 6.61 Å². The van der Waals surface area contributed by atoms with Crippen molar-refractivity contribution in [3.63, 3.8) is 0 Å². The molecule has 0 saturated carbocycles. The van der Waals surface area contributed by atoms with Crippen LogP contribution < -0.4 is 5.73 Å². The molecule has 0 aromatic carbocycles. The Morgan fingerprint density at radius 2 is 2.44 bits per heavy atom. The maximum atomic E-state index is 6.26. The summed E-state index contributed by atoms with van der Waals surface area (Å²) in [6, 6.07) is 4.20. The lowest BCUT2D eigenvalue weighted by Crippen LogP contribution is -2.39. The van der Waals surface area contributed by atoms with Gasteiger partial charge in [-0.1, -0.05) is 6.07 Å². The van der Waals surface area contributed by atoms with Gasteiger partial charge in [-0.3, -0.25) is 4.98 Å². The molecule has 2 rings (SSSR count). The quantitative estimate of drug-likeness (QED) is 0.842. The molecule has 1 aromatic rings. The molecule has 0 fully saturated rings. The standard InChI is InChI=1S/C13H20N2O/c1-3-16-9(2)12(14)11-7-6-10-5-4-8-15-13(10)11/h4-5,8-9,11-12H,3,6-7,14H2,1-2H3. The van der Waals surface area contributed by atoms with E-state index in [0.717, 1.165) is 19.4 Å². The Bertz CT molecular complexity index is 354. The summed E-state index contributed by atoms with van der Waals surface area (Å²) in [5.41, 5.74) is 8.79. The fraction of sp³-hybridized carbons (Fsp3) is 0.615. The Labute approximate surface area is 97.0 Å². The normalized spacial score (nSPS) is 22.8. The van der Waals surface area contributed by atoms with Crippen molar-refractivity contribution >= 4 is 0 Å². The lowest BCUT2D eigenvalue weighted by Gasteiger charge is -2.25. The monoisotopic (exact) mass is 220 g/mol. The molecule has 0 aliphatic heterocycles. The lowest BCUT2D eigenvalue weighted by atomic mass is 9.94. The third-order valence-corrected chi connectivity index (χ3v) is 3.44. The van der Waals surface area contributed by atoms with E-state index >= 15 is 0 Å².